The zero-order chi connectivity index (χ0) is 49.9. The molecule has 0 aliphatic rings. The van der Waals surface area contributed by atoms with Crippen molar-refractivity contribution in [1.29, 1.82) is 0 Å². The van der Waals surface area contributed by atoms with Crippen molar-refractivity contribution in [3.05, 3.63) is 140 Å². The summed E-state index contributed by atoms with van der Waals surface area (Å²) in [4.78, 5) is 138. The Hall–Kier alpha value is -8.16. The van der Waals surface area contributed by atoms with E-state index in [4.69, 9.17) is 18.9 Å². The summed E-state index contributed by atoms with van der Waals surface area (Å²) in [6.07, 6.45) is -6.34. The Morgan fingerprint density at radius 3 is 0.809 bits per heavy atom. The van der Waals surface area contributed by atoms with Crippen molar-refractivity contribution >= 4 is 48.5 Å². The maximum absolute atomic E-state index is 12.7. The number of ether oxygens (including phenoxy) is 4. The van der Waals surface area contributed by atoms with Gasteiger partial charge in [-0.2, -0.15) is 19.2 Å². The summed E-state index contributed by atoms with van der Waals surface area (Å²) in [5.74, 6) is -6.01. The van der Waals surface area contributed by atoms with E-state index in [1.807, 2.05) is 27.7 Å². The highest BCUT2D eigenvalue weighted by atomic mass is 17.3. The Balaban J connectivity index is 1.45. The number of rotatable bonds is 15. The zero-order valence-corrected chi connectivity index (χ0v) is 38.5. The summed E-state index contributed by atoms with van der Waals surface area (Å²) in [6.45, 7) is 11.6. The van der Waals surface area contributed by atoms with Gasteiger partial charge in [-0.1, -0.05) is 70.8 Å². The molecule has 362 valence electrons. The maximum atomic E-state index is 12.7. The van der Waals surface area contributed by atoms with Gasteiger partial charge >= 0.3 is 48.5 Å². The molecule has 20 heteroatoms. The Kier molecular flexibility index (Phi) is 19.7. The number of carbonyl (C=O) groups is 8. The highest BCUT2D eigenvalue weighted by Crippen LogP contribution is 2.24. The van der Waals surface area contributed by atoms with E-state index in [1.54, 1.807) is 76.2 Å². The van der Waals surface area contributed by atoms with Crippen LogP contribution < -0.4 is 0 Å². The fraction of sp³-hybridized carbons (Fsp3) is 0.333. The third-order valence-corrected chi connectivity index (χ3v) is 10.1. The molecular formula is C48H50O20. The van der Waals surface area contributed by atoms with Gasteiger partial charge < -0.3 is 18.9 Å². The van der Waals surface area contributed by atoms with Gasteiger partial charge in [0.05, 0.1) is 48.7 Å². The molecule has 0 aromatic heterocycles. The van der Waals surface area contributed by atoms with E-state index in [0.29, 0.717) is 22.3 Å². The molecule has 0 aliphatic carbocycles. The molecule has 4 rings (SSSR count). The number of aryl methyl sites for hydroxylation is 8. The third-order valence-electron chi connectivity index (χ3n) is 10.1. The Bertz CT molecular complexity index is 2320. The third kappa shape index (κ3) is 16.7. The molecule has 0 N–H and O–H groups in total. The standard InChI is InChI=1S/C48H50O20/c1-27-9-13-37(31(5)21-27)41(49)61-65-45(53)57-19-17-35(25-59-47(55)67-63-43(51)39-15-11-29(3)23-33(39)7)36(26-60-48(56)68-64-44(52)40-16-12-30(4)24-34(40)8)18-20-58-46(54)66-62-42(50)38-14-10-28(2)22-32(38)6/h9-16,21-24,35-36H,17-20,25-26H2,1-8H3. The van der Waals surface area contributed by atoms with Crippen LogP contribution in [0.1, 0.15) is 98.8 Å². The molecule has 0 amide bonds. The largest absolute Gasteiger partial charge is 0.549 e. The average molecular weight is 947 g/mol. The van der Waals surface area contributed by atoms with Gasteiger partial charge in [-0.25, -0.2) is 58.3 Å². The summed E-state index contributed by atoms with van der Waals surface area (Å²) < 4.78 is 20.6. The van der Waals surface area contributed by atoms with E-state index >= 15 is 0 Å². The van der Waals surface area contributed by atoms with E-state index in [-0.39, 0.29) is 35.1 Å². The van der Waals surface area contributed by atoms with Gasteiger partial charge in [0.2, 0.25) is 0 Å². The monoisotopic (exact) mass is 946 g/mol. The lowest BCUT2D eigenvalue weighted by Crippen LogP contribution is -2.30. The van der Waals surface area contributed by atoms with Crippen LogP contribution >= 0.6 is 0 Å². The lowest BCUT2D eigenvalue weighted by atomic mass is 9.88. The molecule has 0 fully saturated rings. The van der Waals surface area contributed by atoms with Crippen LogP contribution in [-0.2, 0) is 58.0 Å². The van der Waals surface area contributed by atoms with Crippen LogP contribution in [0.5, 0.6) is 0 Å². The van der Waals surface area contributed by atoms with Crippen LogP contribution in [-0.4, -0.2) is 74.9 Å². The molecule has 0 bridgehead atoms. The number of hydrogen-bond donors (Lipinski definition) is 0. The van der Waals surface area contributed by atoms with Crippen LogP contribution in [0.25, 0.3) is 0 Å². The van der Waals surface area contributed by atoms with Crippen molar-refractivity contribution in [2.24, 2.45) is 11.8 Å². The van der Waals surface area contributed by atoms with Crippen LogP contribution in [0.15, 0.2) is 72.8 Å². The molecule has 2 unspecified atom stereocenters. The van der Waals surface area contributed by atoms with Crippen LogP contribution in [0.4, 0.5) is 19.2 Å². The van der Waals surface area contributed by atoms with Crippen molar-refractivity contribution < 1.29 is 96.4 Å². The second kappa shape index (κ2) is 25.5. The predicted octanol–water partition coefficient (Wildman–Crippen LogP) is 9.17. The first-order valence-electron chi connectivity index (χ1n) is 20.8. The van der Waals surface area contributed by atoms with E-state index < -0.39 is 86.8 Å². The molecule has 0 aliphatic heterocycles. The smallest absolute Gasteiger partial charge is 0.432 e. The molecule has 0 spiro atoms. The van der Waals surface area contributed by atoms with Gasteiger partial charge in [0.1, 0.15) is 0 Å². The van der Waals surface area contributed by atoms with E-state index in [1.165, 1.54) is 24.3 Å². The van der Waals surface area contributed by atoms with Crippen molar-refractivity contribution in [3.8, 4) is 0 Å². The van der Waals surface area contributed by atoms with E-state index in [2.05, 4.69) is 39.1 Å². The highest BCUT2D eigenvalue weighted by molar-refractivity contribution is 5.92. The molecule has 4 aromatic carbocycles. The quantitative estimate of drug-likeness (QED) is 0.0466. The van der Waals surface area contributed by atoms with Gasteiger partial charge in [-0.05, 0) is 115 Å². The minimum absolute atomic E-state index is 0.104. The number of benzene rings is 4. The molecule has 0 saturated carbocycles. The van der Waals surface area contributed by atoms with Gasteiger partial charge in [0, 0.05) is 11.8 Å². The molecule has 2 atom stereocenters. The summed E-state index contributed by atoms with van der Waals surface area (Å²) >= 11 is 0. The second-order valence-corrected chi connectivity index (χ2v) is 15.5. The Morgan fingerprint density at radius 2 is 0.574 bits per heavy atom. The lowest BCUT2D eigenvalue weighted by Gasteiger charge is -2.26. The minimum Gasteiger partial charge on any atom is -0.432 e. The molecule has 68 heavy (non-hydrogen) atoms. The second-order valence-electron chi connectivity index (χ2n) is 15.5. The Morgan fingerprint density at radius 1 is 0.338 bits per heavy atom. The van der Waals surface area contributed by atoms with Gasteiger partial charge in [0.25, 0.3) is 0 Å². The maximum Gasteiger partial charge on any atom is 0.549 e. The minimum atomic E-state index is -1.49. The number of hydrogen-bond acceptors (Lipinski definition) is 20. The average Bonchev–Trinajstić information content (AvgIpc) is 3.28. The van der Waals surface area contributed by atoms with Crippen LogP contribution in [0.3, 0.4) is 0 Å². The van der Waals surface area contributed by atoms with Crippen LogP contribution in [0.2, 0.25) is 0 Å². The topological polar surface area (TPSA) is 247 Å². The first-order valence-corrected chi connectivity index (χ1v) is 20.8. The lowest BCUT2D eigenvalue weighted by molar-refractivity contribution is -0.208. The van der Waals surface area contributed by atoms with E-state index in [9.17, 15) is 38.4 Å². The fourth-order valence-corrected chi connectivity index (χ4v) is 6.58. The summed E-state index contributed by atoms with van der Waals surface area (Å²) in [5.41, 5.74) is 6.13. The molecule has 4 aromatic rings. The highest BCUT2D eigenvalue weighted by Gasteiger charge is 2.29. The van der Waals surface area contributed by atoms with Crippen molar-refractivity contribution in [3.63, 3.8) is 0 Å². The molecule has 20 nitrogen and oxygen atoms in total. The van der Waals surface area contributed by atoms with E-state index in [0.717, 1.165) is 22.3 Å². The molecule has 0 heterocycles. The van der Waals surface area contributed by atoms with Gasteiger partial charge in [-0.3, -0.25) is 0 Å². The Labute approximate surface area is 390 Å². The SMILES string of the molecule is Cc1ccc(C(=O)OOC(=O)OCCC(COC(=O)OOC(=O)c2ccc(C)cc2C)C(CCOC(=O)OOC(=O)c2ccc(C)cc2C)COC(=O)OOC(=O)c2ccc(C)cc2C)c(C)c1. The van der Waals surface area contributed by atoms with Crippen molar-refractivity contribution in [1.82, 2.24) is 0 Å². The summed E-state index contributed by atoms with van der Waals surface area (Å²) in [6, 6.07) is 19.4. The van der Waals surface area contributed by atoms with Gasteiger partial charge in [-0.15, -0.1) is 0 Å². The summed E-state index contributed by atoms with van der Waals surface area (Å²) in [7, 11) is 0. The van der Waals surface area contributed by atoms with Crippen molar-refractivity contribution in [2.75, 3.05) is 26.4 Å². The normalized spacial score (nSPS) is 11.4. The van der Waals surface area contributed by atoms with Crippen LogP contribution in [0, 0.1) is 67.2 Å². The molecular weight excluding hydrogens is 897 g/mol. The first kappa shape index (κ1) is 52.5. The zero-order valence-electron chi connectivity index (χ0n) is 38.5. The fourth-order valence-electron chi connectivity index (χ4n) is 6.58. The van der Waals surface area contributed by atoms with Crippen molar-refractivity contribution in [2.45, 2.75) is 68.2 Å². The van der Waals surface area contributed by atoms with Gasteiger partial charge in [0.15, 0.2) is 0 Å². The first-order chi connectivity index (χ1) is 32.3. The number of carbonyl (C=O) groups excluding carboxylic acids is 8. The summed E-state index contributed by atoms with van der Waals surface area (Å²) in [5, 5.41) is 0. The molecule has 0 saturated heterocycles. The predicted molar refractivity (Wildman–Crippen MR) is 231 cm³/mol. The molecule has 0 radical (unpaired) electrons.